The molecule has 4 aromatic carbocycles. The zero-order valence-electron chi connectivity index (χ0n) is 63.2. The summed E-state index contributed by atoms with van der Waals surface area (Å²) in [6.07, 6.45) is 11.2. The van der Waals surface area contributed by atoms with Crippen molar-refractivity contribution >= 4 is 86.3 Å². The summed E-state index contributed by atoms with van der Waals surface area (Å²) in [4.78, 5) is 26.1. The standard InChI is InChI=1S/C76H110N4O20S3.3Na/c1-41(51-16-18-53-71-55(36-63(85)75(51,53)5)73(3)25-23-45(81)31-43(73)33-57(71)83)11-21-65(87)77-27-7-9-29-80(30-10-8-28-78-66(88)22-12-42(2)52-17-19-54-72-56(37-64(86)76(52,54)6)74(4)26-24-46(82)32-44(74)34-58(72)84)68(90)39-79-67(89)40-100-59-38-62(103(97,98)99)48-14-13-47-60(101(91,92)93)20-15-49-61(102(94,95)96)35-50(59)70(48)69(47)49;;;/h13-15,20,35,38,41-46,51-58,63-64,71-72,81-86H,7-12,16-19,21-34,36-37,39-40H2,1-6H3,(H,77,87)(H,78,88)(H,79,89)(H,91,92,93)(H,94,95,96)(H,97,98,99);;;/q;3*+1/p-3/t41-,42-,43+,44+,45-,46-,51-,52-,53+,54+,55+,56+,57-,58-,63+,64+,71+,72+,73+,74+,75-,76-;;;/m1.../s1. The van der Waals surface area contributed by atoms with E-state index in [9.17, 15) is 89.7 Å². The number of carbonyl (C=O) groups excluding carboxylic acids is 1. The van der Waals surface area contributed by atoms with Crippen molar-refractivity contribution in [3.8, 4) is 5.75 Å². The quantitative estimate of drug-likeness (QED) is 0.00831. The molecule has 24 nitrogen and oxygen atoms in total. The summed E-state index contributed by atoms with van der Waals surface area (Å²) in [5.41, 5.74) is -0.927. The van der Waals surface area contributed by atoms with Gasteiger partial charge in [-0.2, -0.15) is 25.3 Å². The molecule has 9 N–H and O–H groups in total. The van der Waals surface area contributed by atoms with Crippen LogP contribution in [-0.2, 0) is 35.1 Å². The first-order valence-corrected chi connectivity index (χ1v) is 42.0. The molecule has 8 saturated carbocycles. The number of amides is 1. The molecule has 572 valence electrons. The molecule has 4 aromatic rings. The van der Waals surface area contributed by atoms with Gasteiger partial charge in [0.25, 0.3) is 30.4 Å². The fourth-order valence-electron chi connectivity index (χ4n) is 23.2. The number of hydrogen-bond donors (Lipinski definition) is 9. The van der Waals surface area contributed by atoms with Crippen LogP contribution in [0.1, 0.15) is 183 Å². The topological polar surface area (TPSA) is 420 Å². The van der Waals surface area contributed by atoms with E-state index >= 15 is 0 Å². The van der Waals surface area contributed by atoms with Gasteiger partial charge in [-0.25, -0.2) is 0 Å². The Kier molecular flexibility index (Phi) is 28.5. The minimum Gasteiger partial charge on any atom is -0.862 e. The van der Waals surface area contributed by atoms with Gasteiger partial charge in [-0.1, -0.05) is 59.7 Å². The monoisotopic (exact) mass is 1560 g/mol. The summed E-state index contributed by atoms with van der Waals surface area (Å²) in [5.74, 6) is -0.912. The molecular formula is C76H107N4Na3O20S3. The average Bonchev–Trinajstić information content (AvgIpc) is 1.70. The molecule has 8 fully saturated rings. The molecule has 0 unspecified atom stereocenters. The van der Waals surface area contributed by atoms with Crippen molar-refractivity contribution in [1.82, 2.24) is 4.90 Å². The number of aliphatic hydroxyl groups excluding tert-OH is 6. The average molecular weight is 1560 g/mol. The van der Waals surface area contributed by atoms with E-state index in [4.69, 9.17) is 4.74 Å². The third kappa shape index (κ3) is 17.0. The van der Waals surface area contributed by atoms with Gasteiger partial charge in [0, 0.05) is 64.6 Å². The summed E-state index contributed by atoms with van der Waals surface area (Å²) < 4.78 is 113. The first-order chi connectivity index (χ1) is 48.4. The van der Waals surface area contributed by atoms with Gasteiger partial charge in [0.1, 0.15) is 33.6 Å². The minimum atomic E-state index is -5.13. The van der Waals surface area contributed by atoms with Crippen molar-refractivity contribution in [3.63, 3.8) is 0 Å². The van der Waals surface area contributed by atoms with Crippen LogP contribution in [0, 0.1) is 92.7 Å². The van der Waals surface area contributed by atoms with E-state index in [1.54, 1.807) is 0 Å². The molecule has 0 bridgehead atoms. The molecule has 106 heavy (non-hydrogen) atoms. The molecular weight excluding hydrogens is 1450 g/mol. The van der Waals surface area contributed by atoms with Crippen LogP contribution in [0.25, 0.3) is 32.3 Å². The smallest absolute Gasteiger partial charge is 0.862 e. The van der Waals surface area contributed by atoms with Crippen molar-refractivity contribution in [3.05, 3.63) is 36.4 Å². The second kappa shape index (κ2) is 34.3. The van der Waals surface area contributed by atoms with Crippen molar-refractivity contribution in [1.29, 1.82) is 0 Å². The summed E-state index contributed by atoms with van der Waals surface area (Å²) in [7, 11) is -15.2. The van der Waals surface area contributed by atoms with Crippen LogP contribution in [0.5, 0.6) is 5.75 Å². The van der Waals surface area contributed by atoms with Crippen molar-refractivity contribution in [2.24, 2.45) is 108 Å². The molecule has 30 heteroatoms. The summed E-state index contributed by atoms with van der Waals surface area (Å²) in [5, 5.41) is 108. The van der Waals surface area contributed by atoms with Gasteiger partial charge in [0.15, 0.2) is 0 Å². The van der Waals surface area contributed by atoms with Gasteiger partial charge in [-0.3, -0.25) is 23.4 Å². The molecule has 0 aromatic heterocycles. The SMILES string of the molecule is C[C@H](CCC([O-])=NCCCCN(CCCCN=C([O-])CC[C@@H](C)[C@H]1CC[C@H]2[C@@H]3[C@H](O)C[C@@H]4C[C@H](O)CC[C@]4(C)[C@H]3C[C@H](O)[C@]12C)C(=O)CN=C([O-])COc1cc(S(=O)(=O)O)c2ccc3c(S(=O)(=O)O)ccc4c(S(=O)(=O)O)cc1c2c34)[C@H]1CC[C@H]2[C@@H]3[C@H](O)C[C@@H]4C[C@H](O)CC[C@]4(C)[C@H]3C[C@H](O)[C@]12C.[Na+].[Na+].[Na+]. The number of rotatable bonds is 26. The number of benzene rings is 4. The van der Waals surface area contributed by atoms with Crippen LogP contribution < -0.4 is 109 Å². The Labute approximate surface area is 690 Å². The van der Waals surface area contributed by atoms with Gasteiger partial charge in [0.2, 0.25) is 5.91 Å². The van der Waals surface area contributed by atoms with Gasteiger partial charge < -0.3 is 65.6 Å². The number of unbranched alkanes of at least 4 members (excludes halogenated alkanes) is 2. The van der Waals surface area contributed by atoms with E-state index in [0.717, 1.165) is 87.8 Å². The number of ether oxygens (including phenoxy) is 1. The number of hydrogen-bond acceptors (Lipinski definition) is 20. The predicted octanol–water partition coefficient (Wildman–Crippen LogP) is -1.86. The molecule has 0 aliphatic heterocycles. The van der Waals surface area contributed by atoms with Crippen LogP contribution in [0.3, 0.4) is 0 Å². The van der Waals surface area contributed by atoms with Crippen LogP contribution in [0.2, 0.25) is 0 Å². The molecule has 0 heterocycles. The Balaban J connectivity index is 0.00000433. The van der Waals surface area contributed by atoms with Crippen LogP contribution in [0.15, 0.2) is 66.1 Å². The Morgan fingerprint density at radius 2 is 0.943 bits per heavy atom. The maximum atomic E-state index is 14.1. The van der Waals surface area contributed by atoms with Gasteiger partial charge in [0.05, 0.1) is 36.6 Å². The van der Waals surface area contributed by atoms with E-state index in [-0.39, 0.29) is 266 Å². The molecule has 22 atom stereocenters. The van der Waals surface area contributed by atoms with E-state index in [1.807, 2.05) is 0 Å². The fourth-order valence-corrected chi connectivity index (χ4v) is 25.3. The second-order valence-electron chi connectivity index (χ2n) is 33.7. The zero-order chi connectivity index (χ0) is 74.4. The van der Waals surface area contributed by atoms with Crippen molar-refractivity contribution in [2.45, 2.75) is 234 Å². The van der Waals surface area contributed by atoms with Crippen molar-refractivity contribution in [2.75, 3.05) is 39.3 Å². The number of fused-ring (bicyclic) bond motifs is 10. The number of aliphatic imine (C=N–C) groups is 3. The summed E-state index contributed by atoms with van der Waals surface area (Å²) in [6, 6.07) is 5.84. The Hall–Kier alpha value is -1.91. The number of carbonyl (C=O) groups is 1. The summed E-state index contributed by atoms with van der Waals surface area (Å²) >= 11 is 0. The molecule has 1 amide bonds. The third-order valence-corrected chi connectivity index (χ3v) is 31.3. The number of aliphatic hydroxyl groups is 6. The van der Waals surface area contributed by atoms with Gasteiger partial charge >= 0.3 is 88.7 Å². The third-order valence-electron chi connectivity index (χ3n) is 28.6. The predicted molar refractivity (Wildman–Crippen MR) is 382 cm³/mol. The van der Waals surface area contributed by atoms with Gasteiger partial charge in [-0.05, 0) is 264 Å². The first-order valence-electron chi connectivity index (χ1n) is 37.7. The van der Waals surface area contributed by atoms with E-state index in [1.165, 1.54) is 4.90 Å². The van der Waals surface area contributed by atoms with E-state index in [0.29, 0.717) is 77.0 Å². The van der Waals surface area contributed by atoms with Crippen LogP contribution in [0.4, 0.5) is 0 Å². The van der Waals surface area contributed by atoms with E-state index < -0.39 is 111 Å². The molecule has 8 aliphatic carbocycles. The Bertz CT molecular complexity index is 4140. The molecule has 0 radical (unpaired) electrons. The zero-order valence-corrected chi connectivity index (χ0v) is 71.6. The van der Waals surface area contributed by atoms with Gasteiger partial charge in [-0.15, -0.1) is 0 Å². The maximum absolute atomic E-state index is 14.1. The molecule has 8 aliphatic rings. The normalized spacial score (nSPS) is 35.3. The fraction of sp³-hybridized carbons (Fsp3) is 0.737. The van der Waals surface area contributed by atoms with Crippen molar-refractivity contribution < 1.29 is 183 Å². The summed E-state index contributed by atoms with van der Waals surface area (Å²) in [6.45, 7) is 12.4. The first kappa shape index (κ1) is 88.0. The molecule has 0 saturated heterocycles. The maximum Gasteiger partial charge on any atom is 1.00 e. The number of nitrogens with zero attached hydrogens (tertiary/aromatic N) is 4. The Morgan fingerprint density at radius 3 is 1.39 bits per heavy atom. The van der Waals surface area contributed by atoms with E-state index in [2.05, 4.69) is 56.5 Å². The van der Waals surface area contributed by atoms with Crippen LogP contribution in [-0.4, -0.2) is 174 Å². The molecule has 12 rings (SSSR count). The second-order valence-corrected chi connectivity index (χ2v) is 37.8. The largest absolute Gasteiger partial charge is 1.00 e. The minimum absolute atomic E-state index is 0. The molecule has 0 spiro atoms. The Morgan fingerprint density at radius 1 is 0.528 bits per heavy atom. The van der Waals surface area contributed by atoms with Crippen LogP contribution >= 0.6 is 0 Å².